The van der Waals surface area contributed by atoms with Gasteiger partial charge in [0.1, 0.15) is 17.1 Å². The first-order chi connectivity index (χ1) is 7.67. The van der Waals surface area contributed by atoms with Crippen molar-refractivity contribution < 1.29 is 13.9 Å². The molecule has 0 bridgehead atoms. The molecule has 84 valence electrons. The lowest BCUT2D eigenvalue weighted by molar-refractivity contribution is 0.390. The second-order valence-electron chi connectivity index (χ2n) is 3.40. The lowest BCUT2D eigenvalue weighted by atomic mass is 10.1. The topological polar surface area (TPSA) is 48.7 Å². The molecule has 16 heavy (non-hydrogen) atoms. The summed E-state index contributed by atoms with van der Waals surface area (Å²) in [5, 5.41) is 0.764. The van der Waals surface area contributed by atoms with Crippen molar-refractivity contribution in [2.24, 2.45) is 0 Å². The van der Waals surface area contributed by atoms with Crippen molar-refractivity contribution in [1.82, 2.24) is 0 Å². The largest absolute Gasteiger partial charge is 0.496 e. The average molecular weight is 220 g/mol. The van der Waals surface area contributed by atoms with Gasteiger partial charge in [0.2, 0.25) is 0 Å². The minimum absolute atomic E-state index is 0.388. The van der Waals surface area contributed by atoms with Gasteiger partial charge in [-0.05, 0) is 13.0 Å². The van der Waals surface area contributed by atoms with Crippen LogP contribution < -0.4 is 15.1 Å². The van der Waals surface area contributed by atoms with Gasteiger partial charge in [-0.25, -0.2) is 4.79 Å². The number of hydrogen-bond acceptors (Lipinski definition) is 4. The van der Waals surface area contributed by atoms with E-state index in [0.717, 1.165) is 10.9 Å². The van der Waals surface area contributed by atoms with Gasteiger partial charge in [0.05, 0.1) is 19.6 Å². The van der Waals surface area contributed by atoms with Crippen LogP contribution in [-0.2, 0) is 0 Å². The van der Waals surface area contributed by atoms with Gasteiger partial charge in [-0.2, -0.15) is 0 Å². The maximum atomic E-state index is 11.1. The first-order valence-electron chi connectivity index (χ1n) is 4.83. The zero-order valence-corrected chi connectivity index (χ0v) is 9.37. The van der Waals surface area contributed by atoms with E-state index in [1.54, 1.807) is 26.4 Å². The fraction of sp³-hybridized carbons (Fsp3) is 0.250. The van der Waals surface area contributed by atoms with Crippen LogP contribution in [0, 0.1) is 6.92 Å². The first kappa shape index (κ1) is 10.5. The number of rotatable bonds is 2. The van der Waals surface area contributed by atoms with E-state index in [0.29, 0.717) is 17.1 Å². The molecular weight excluding hydrogens is 208 g/mol. The lowest BCUT2D eigenvalue weighted by Gasteiger charge is -2.11. The van der Waals surface area contributed by atoms with Crippen LogP contribution in [0.15, 0.2) is 27.4 Å². The van der Waals surface area contributed by atoms with Crippen LogP contribution in [0.4, 0.5) is 0 Å². The summed E-state index contributed by atoms with van der Waals surface area (Å²) in [6.07, 6.45) is 0. The smallest absolute Gasteiger partial charge is 0.336 e. The molecule has 0 saturated carbocycles. The Balaban J connectivity index is 2.89. The summed E-state index contributed by atoms with van der Waals surface area (Å²) in [7, 11) is 3.14. The molecule has 4 nitrogen and oxygen atoms in total. The average Bonchev–Trinajstić information content (AvgIpc) is 2.28. The molecule has 0 N–H and O–H groups in total. The van der Waals surface area contributed by atoms with Gasteiger partial charge in [0.15, 0.2) is 0 Å². The van der Waals surface area contributed by atoms with Gasteiger partial charge in [0.25, 0.3) is 0 Å². The van der Waals surface area contributed by atoms with Crippen LogP contribution in [0.3, 0.4) is 0 Å². The summed E-state index contributed by atoms with van der Waals surface area (Å²) in [4.78, 5) is 11.1. The molecule has 0 aliphatic heterocycles. The van der Waals surface area contributed by atoms with Crippen molar-refractivity contribution in [2.75, 3.05) is 14.2 Å². The second-order valence-corrected chi connectivity index (χ2v) is 3.40. The molecule has 1 heterocycles. The van der Waals surface area contributed by atoms with Gasteiger partial charge in [0, 0.05) is 17.7 Å². The van der Waals surface area contributed by atoms with E-state index in [1.165, 1.54) is 6.07 Å². The van der Waals surface area contributed by atoms with E-state index in [1.807, 2.05) is 6.92 Å². The third-order valence-electron chi connectivity index (χ3n) is 2.50. The number of fused-ring (bicyclic) bond motifs is 1. The van der Waals surface area contributed by atoms with Crippen LogP contribution in [0.1, 0.15) is 5.56 Å². The quantitative estimate of drug-likeness (QED) is 0.727. The van der Waals surface area contributed by atoms with Crippen molar-refractivity contribution in [3.05, 3.63) is 34.2 Å². The molecule has 0 aliphatic rings. The number of methoxy groups -OCH3 is 2. The third kappa shape index (κ3) is 1.52. The summed E-state index contributed by atoms with van der Waals surface area (Å²) >= 11 is 0. The van der Waals surface area contributed by atoms with Crippen molar-refractivity contribution in [2.45, 2.75) is 6.92 Å². The Kier molecular flexibility index (Phi) is 2.56. The molecule has 0 atom stereocenters. The molecule has 0 spiro atoms. The van der Waals surface area contributed by atoms with Gasteiger partial charge in [-0.3, -0.25) is 0 Å². The predicted molar refractivity (Wildman–Crippen MR) is 60.3 cm³/mol. The monoisotopic (exact) mass is 220 g/mol. The molecular formula is C12H12O4. The lowest BCUT2D eigenvalue weighted by Crippen LogP contribution is -1.98. The van der Waals surface area contributed by atoms with Crippen molar-refractivity contribution in [3.8, 4) is 11.5 Å². The highest BCUT2D eigenvalue weighted by Crippen LogP contribution is 2.35. The van der Waals surface area contributed by atoms with Crippen LogP contribution in [0.5, 0.6) is 11.5 Å². The molecule has 0 unspecified atom stereocenters. The van der Waals surface area contributed by atoms with Gasteiger partial charge >= 0.3 is 5.63 Å². The summed E-state index contributed by atoms with van der Waals surface area (Å²) in [5.74, 6) is 1.30. The second kappa shape index (κ2) is 3.89. The van der Waals surface area contributed by atoms with Gasteiger partial charge < -0.3 is 13.9 Å². The predicted octanol–water partition coefficient (Wildman–Crippen LogP) is 2.12. The van der Waals surface area contributed by atoms with Gasteiger partial charge in [-0.15, -0.1) is 0 Å². The Morgan fingerprint density at radius 1 is 1.19 bits per heavy atom. The molecule has 1 aromatic heterocycles. The van der Waals surface area contributed by atoms with Gasteiger partial charge in [-0.1, -0.05) is 0 Å². The fourth-order valence-electron chi connectivity index (χ4n) is 1.74. The highest BCUT2D eigenvalue weighted by atomic mass is 16.5. The molecule has 2 rings (SSSR count). The number of benzene rings is 1. The highest BCUT2D eigenvalue weighted by Gasteiger charge is 2.12. The molecule has 0 radical (unpaired) electrons. The molecule has 4 heteroatoms. The molecule has 1 aromatic carbocycles. The van der Waals surface area contributed by atoms with Crippen molar-refractivity contribution >= 4 is 11.0 Å². The van der Waals surface area contributed by atoms with E-state index < -0.39 is 0 Å². The number of hydrogen-bond donors (Lipinski definition) is 0. The summed E-state index contributed by atoms with van der Waals surface area (Å²) in [6.45, 7) is 1.89. The first-order valence-corrected chi connectivity index (χ1v) is 4.83. The molecule has 0 aliphatic carbocycles. The van der Waals surface area contributed by atoms with E-state index >= 15 is 0 Å². The molecule has 0 saturated heterocycles. The van der Waals surface area contributed by atoms with Crippen molar-refractivity contribution in [1.29, 1.82) is 0 Å². The SMILES string of the molecule is COc1cc2oc(=O)ccc2c(OC)c1C. The zero-order chi connectivity index (χ0) is 11.7. The maximum absolute atomic E-state index is 11.1. The normalized spacial score (nSPS) is 10.4. The highest BCUT2D eigenvalue weighted by molar-refractivity contribution is 5.87. The summed E-state index contributed by atoms with van der Waals surface area (Å²) in [6, 6.07) is 4.75. The molecule has 0 amide bonds. The molecule has 0 fully saturated rings. The van der Waals surface area contributed by atoms with E-state index in [-0.39, 0.29) is 5.63 Å². The van der Waals surface area contributed by atoms with Crippen LogP contribution in [-0.4, -0.2) is 14.2 Å². The summed E-state index contributed by atoms with van der Waals surface area (Å²) in [5.41, 5.74) is 0.957. The molecule has 2 aromatic rings. The third-order valence-corrected chi connectivity index (χ3v) is 2.50. The Hall–Kier alpha value is -1.97. The van der Waals surface area contributed by atoms with E-state index in [4.69, 9.17) is 13.9 Å². The van der Waals surface area contributed by atoms with Crippen molar-refractivity contribution in [3.63, 3.8) is 0 Å². The minimum Gasteiger partial charge on any atom is -0.496 e. The Bertz CT molecular complexity index is 583. The maximum Gasteiger partial charge on any atom is 0.336 e. The zero-order valence-electron chi connectivity index (χ0n) is 9.37. The minimum atomic E-state index is -0.388. The van der Waals surface area contributed by atoms with Crippen LogP contribution in [0.2, 0.25) is 0 Å². The van der Waals surface area contributed by atoms with Crippen LogP contribution >= 0.6 is 0 Å². The Morgan fingerprint density at radius 2 is 1.94 bits per heavy atom. The fourth-order valence-corrected chi connectivity index (χ4v) is 1.74. The van der Waals surface area contributed by atoms with Crippen LogP contribution in [0.25, 0.3) is 11.0 Å². The number of ether oxygens (including phenoxy) is 2. The van der Waals surface area contributed by atoms with E-state index in [9.17, 15) is 4.79 Å². The Labute approximate surface area is 92.4 Å². The Morgan fingerprint density at radius 3 is 2.56 bits per heavy atom. The van der Waals surface area contributed by atoms with E-state index in [2.05, 4.69) is 0 Å². The standard InChI is InChI=1S/C12H12O4/c1-7-9(14-2)6-10-8(12(7)15-3)4-5-11(13)16-10/h4-6H,1-3H3. The summed E-state index contributed by atoms with van der Waals surface area (Å²) < 4.78 is 15.6.